The molecule has 2 heterocycles. The van der Waals surface area contributed by atoms with Crippen LogP contribution in [0.1, 0.15) is 17.8 Å². The number of nitrogens with zero attached hydrogens (tertiary/aromatic N) is 4. The maximum Gasteiger partial charge on any atom is 0.223 e. The van der Waals surface area contributed by atoms with Gasteiger partial charge in [0.15, 0.2) is 0 Å². The van der Waals surface area contributed by atoms with Crippen molar-refractivity contribution in [2.24, 2.45) is 0 Å². The van der Waals surface area contributed by atoms with Crippen LogP contribution < -0.4 is 5.73 Å². The number of carbonyl (C=O) groups excluding carboxylic acids is 1. The molecule has 3 aromatic rings. The molecule has 156 valence electrons. The largest absolute Gasteiger partial charge is 0.383 e. The maximum absolute atomic E-state index is 12.6. The van der Waals surface area contributed by atoms with Crippen molar-refractivity contribution in [1.29, 1.82) is 0 Å². The second-order valence-electron chi connectivity index (χ2n) is 7.61. The molecule has 0 saturated carbocycles. The summed E-state index contributed by atoms with van der Waals surface area (Å²) < 4.78 is 0. The van der Waals surface area contributed by atoms with E-state index in [0.717, 1.165) is 48.7 Å². The van der Waals surface area contributed by atoms with Crippen LogP contribution in [0.4, 0.5) is 5.82 Å². The number of aromatic nitrogens is 2. The third kappa shape index (κ3) is 5.09. The second-order valence-corrected chi connectivity index (χ2v) is 8.78. The highest BCUT2D eigenvalue weighted by Gasteiger charge is 2.21. The number of nitrogen functional groups attached to an aromatic ring is 1. The van der Waals surface area contributed by atoms with E-state index in [1.54, 1.807) is 11.8 Å². The molecule has 2 N–H and O–H groups in total. The number of fused-ring (bicyclic) bond motifs is 1. The average Bonchev–Trinajstić information content (AvgIpc) is 2.76. The fourth-order valence-corrected chi connectivity index (χ4v) is 4.47. The van der Waals surface area contributed by atoms with Crippen LogP contribution in [0.25, 0.3) is 10.9 Å². The molecule has 0 atom stereocenters. The van der Waals surface area contributed by atoms with Gasteiger partial charge in [-0.05, 0) is 31.2 Å². The average molecular weight is 422 g/mol. The molecule has 1 saturated heterocycles. The van der Waals surface area contributed by atoms with Gasteiger partial charge in [-0.3, -0.25) is 9.69 Å². The van der Waals surface area contributed by atoms with Gasteiger partial charge in [0.1, 0.15) is 11.6 Å². The van der Waals surface area contributed by atoms with Gasteiger partial charge in [-0.2, -0.15) is 0 Å². The Balaban J connectivity index is 1.24. The van der Waals surface area contributed by atoms with Crippen molar-refractivity contribution in [2.75, 3.05) is 37.7 Å². The SMILES string of the molecule is Cc1ccc(SCCC(=O)N2CCN(Cc3nc(N)c4ccccc4n3)CC2)cc1. The third-order valence-corrected chi connectivity index (χ3v) is 6.39. The number of anilines is 1. The van der Waals surface area contributed by atoms with E-state index in [1.807, 2.05) is 29.2 Å². The Morgan fingerprint density at radius 2 is 1.77 bits per heavy atom. The number of carbonyl (C=O) groups is 1. The lowest BCUT2D eigenvalue weighted by Crippen LogP contribution is -2.48. The van der Waals surface area contributed by atoms with E-state index >= 15 is 0 Å². The van der Waals surface area contributed by atoms with Crippen LogP contribution in [-0.2, 0) is 11.3 Å². The van der Waals surface area contributed by atoms with Crippen molar-refractivity contribution in [3.05, 3.63) is 59.9 Å². The summed E-state index contributed by atoms with van der Waals surface area (Å²) in [5, 5.41) is 0.889. The van der Waals surface area contributed by atoms with Gasteiger partial charge in [-0.1, -0.05) is 29.8 Å². The summed E-state index contributed by atoms with van der Waals surface area (Å²) in [6.07, 6.45) is 0.572. The molecule has 1 amide bonds. The minimum absolute atomic E-state index is 0.237. The Morgan fingerprint density at radius 1 is 1.03 bits per heavy atom. The Kier molecular flexibility index (Phi) is 6.50. The minimum Gasteiger partial charge on any atom is -0.383 e. The molecule has 0 radical (unpaired) electrons. The van der Waals surface area contributed by atoms with Crippen molar-refractivity contribution in [3.63, 3.8) is 0 Å². The zero-order chi connectivity index (χ0) is 20.9. The van der Waals surface area contributed by atoms with Crippen LogP contribution >= 0.6 is 11.8 Å². The number of hydrogen-bond donors (Lipinski definition) is 1. The predicted octanol–water partition coefficient (Wildman–Crippen LogP) is 3.35. The van der Waals surface area contributed by atoms with E-state index in [4.69, 9.17) is 5.73 Å². The molecule has 1 fully saturated rings. The van der Waals surface area contributed by atoms with Crippen molar-refractivity contribution >= 4 is 34.4 Å². The highest BCUT2D eigenvalue weighted by Crippen LogP contribution is 2.20. The van der Waals surface area contributed by atoms with Crippen molar-refractivity contribution in [1.82, 2.24) is 19.8 Å². The summed E-state index contributed by atoms with van der Waals surface area (Å²) in [4.78, 5) is 27.1. The smallest absolute Gasteiger partial charge is 0.223 e. The van der Waals surface area contributed by atoms with Gasteiger partial charge < -0.3 is 10.6 Å². The summed E-state index contributed by atoms with van der Waals surface area (Å²) >= 11 is 1.74. The van der Waals surface area contributed by atoms with Crippen LogP contribution in [0.15, 0.2) is 53.4 Å². The van der Waals surface area contributed by atoms with Gasteiger partial charge in [0.2, 0.25) is 5.91 Å². The molecular weight excluding hydrogens is 394 g/mol. The molecule has 1 aliphatic heterocycles. The van der Waals surface area contributed by atoms with Gasteiger partial charge in [-0.15, -0.1) is 11.8 Å². The molecule has 2 aromatic carbocycles. The zero-order valence-electron chi connectivity index (χ0n) is 17.3. The molecular formula is C23H27N5OS. The first kappa shape index (κ1) is 20.6. The molecule has 0 bridgehead atoms. The van der Waals surface area contributed by atoms with Crippen LogP contribution in [0.3, 0.4) is 0 Å². The van der Waals surface area contributed by atoms with E-state index in [1.165, 1.54) is 10.5 Å². The van der Waals surface area contributed by atoms with E-state index < -0.39 is 0 Å². The number of rotatable bonds is 6. The van der Waals surface area contributed by atoms with Crippen molar-refractivity contribution < 1.29 is 4.79 Å². The van der Waals surface area contributed by atoms with Gasteiger partial charge in [0.05, 0.1) is 12.1 Å². The first-order chi connectivity index (χ1) is 14.6. The molecule has 1 aromatic heterocycles. The number of benzene rings is 2. The quantitative estimate of drug-likeness (QED) is 0.615. The number of thioether (sulfide) groups is 1. The summed E-state index contributed by atoms with van der Waals surface area (Å²) in [5.74, 6) is 2.31. The van der Waals surface area contributed by atoms with Crippen LogP contribution in [0.2, 0.25) is 0 Å². The van der Waals surface area contributed by atoms with E-state index in [2.05, 4.69) is 46.1 Å². The van der Waals surface area contributed by atoms with Crippen LogP contribution in [-0.4, -0.2) is 57.6 Å². The number of para-hydroxylation sites is 1. The van der Waals surface area contributed by atoms with Crippen molar-refractivity contribution in [3.8, 4) is 0 Å². The Hall–Kier alpha value is -2.64. The van der Waals surface area contributed by atoms with Gasteiger partial charge in [0.25, 0.3) is 0 Å². The van der Waals surface area contributed by atoms with Crippen LogP contribution in [0, 0.1) is 6.92 Å². The highest BCUT2D eigenvalue weighted by atomic mass is 32.2. The number of nitrogens with two attached hydrogens (primary N) is 1. The zero-order valence-corrected chi connectivity index (χ0v) is 18.1. The summed E-state index contributed by atoms with van der Waals surface area (Å²) in [7, 11) is 0. The second kappa shape index (κ2) is 9.45. The Morgan fingerprint density at radius 3 is 2.53 bits per heavy atom. The maximum atomic E-state index is 12.6. The molecule has 0 aliphatic carbocycles. The summed E-state index contributed by atoms with van der Waals surface area (Å²) in [6.45, 7) is 5.88. The lowest BCUT2D eigenvalue weighted by atomic mass is 10.2. The standard InChI is InChI=1S/C23H27N5OS/c1-17-6-8-18(9-7-17)30-15-10-22(29)28-13-11-27(12-14-28)16-21-25-20-5-3-2-4-19(20)23(24)26-21/h2-9H,10-16H2,1H3,(H2,24,25,26). The Labute approximate surface area is 181 Å². The third-order valence-electron chi connectivity index (χ3n) is 5.37. The van der Waals surface area contributed by atoms with E-state index in [0.29, 0.717) is 18.8 Å². The molecule has 0 spiro atoms. The van der Waals surface area contributed by atoms with Gasteiger partial charge in [-0.25, -0.2) is 9.97 Å². The molecule has 7 heteroatoms. The number of aryl methyl sites for hydroxylation is 1. The van der Waals surface area contributed by atoms with Crippen molar-refractivity contribution in [2.45, 2.75) is 24.8 Å². The topological polar surface area (TPSA) is 75.4 Å². The number of amides is 1. The first-order valence-electron chi connectivity index (χ1n) is 10.3. The normalized spacial score (nSPS) is 14.9. The predicted molar refractivity (Wildman–Crippen MR) is 122 cm³/mol. The first-order valence-corrected chi connectivity index (χ1v) is 11.3. The monoisotopic (exact) mass is 421 g/mol. The van der Waals surface area contributed by atoms with Gasteiger partial charge in [0, 0.05) is 48.6 Å². The Bertz CT molecular complexity index is 1020. The molecule has 6 nitrogen and oxygen atoms in total. The molecule has 30 heavy (non-hydrogen) atoms. The fraction of sp³-hybridized carbons (Fsp3) is 0.348. The minimum atomic E-state index is 0.237. The summed E-state index contributed by atoms with van der Waals surface area (Å²) in [6, 6.07) is 16.2. The molecule has 4 rings (SSSR count). The van der Waals surface area contributed by atoms with E-state index in [9.17, 15) is 4.79 Å². The lowest BCUT2D eigenvalue weighted by molar-refractivity contribution is -0.132. The lowest BCUT2D eigenvalue weighted by Gasteiger charge is -2.34. The van der Waals surface area contributed by atoms with Gasteiger partial charge >= 0.3 is 0 Å². The summed E-state index contributed by atoms with van der Waals surface area (Å²) in [5.41, 5.74) is 8.22. The van der Waals surface area contributed by atoms with Crippen LogP contribution in [0.5, 0.6) is 0 Å². The number of hydrogen-bond acceptors (Lipinski definition) is 6. The number of piperazine rings is 1. The fourth-order valence-electron chi connectivity index (χ4n) is 3.63. The molecule has 1 aliphatic rings. The highest BCUT2D eigenvalue weighted by molar-refractivity contribution is 7.99. The van der Waals surface area contributed by atoms with E-state index in [-0.39, 0.29) is 5.91 Å². The molecule has 0 unspecified atom stereocenters.